The highest BCUT2D eigenvalue weighted by atomic mass is 16.4. The molecule has 0 saturated heterocycles. The number of aliphatic hydroxyl groups excluding tert-OH is 3. The number of primary amides is 2. The van der Waals surface area contributed by atoms with E-state index in [1.165, 1.54) is 13.1 Å². The van der Waals surface area contributed by atoms with Gasteiger partial charge in [0.05, 0.1) is 31.8 Å². The molecule has 0 bridgehead atoms. The Morgan fingerprint density at radius 3 is 1.53 bits per heavy atom. The zero-order valence-corrected chi connectivity index (χ0v) is 47.2. The predicted octanol–water partition coefficient (Wildman–Crippen LogP) is -6.84. The summed E-state index contributed by atoms with van der Waals surface area (Å²) >= 11 is 0. The van der Waals surface area contributed by atoms with Gasteiger partial charge in [-0.05, 0) is 56.6 Å². The number of aliphatic hydroxyl groups is 3. The highest BCUT2D eigenvalue weighted by Gasteiger charge is 2.38. The van der Waals surface area contributed by atoms with E-state index >= 15 is 0 Å². The Balaban J connectivity index is 2.55. The molecule has 0 fully saturated rings. The molecule has 13 atom stereocenters. The van der Waals surface area contributed by atoms with E-state index in [1.54, 1.807) is 52.0 Å². The van der Waals surface area contributed by atoms with E-state index in [0.717, 1.165) is 6.92 Å². The summed E-state index contributed by atoms with van der Waals surface area (Å²) in [5.74, 6) is -14.4. The lowest BCUT2D eigenvalue weighted by atomic mass is 9.95. The van der Waals surface area contributed by atoms with E-state index in [1.807, 2.05) is 0 Å². The van der Waals surface area contributed by atoms with Crippen LogP contribution in [0.25, 0.3) is 10.9 Å². The Kier molecular flexibility index (Phi) is 29.5. The zero-order valence-electron chi connectivity index (χ0n) is 47.2. The molecule has 0 saturated carbocycles. The summed E-state index contributed by atoms with van der Waals surface area (Å²) in [6.45, 7) is 6.75. The van der Waals surface area contributed by atoms with Gasteiger partial charge in [0.2, 0.25) is 65.0 Å². The molecule has 0 aliphatic carbocycles. The second kappa shape index (κ2) is 34.7. The number of carbonyl (C=O) groups excluding carboxylic acids is 11. The second-order valence-electron chi connectivity index (χ2n) is 20.0. The summed E-state index contributed by atoms with van der Waals surface area (Å²) < 4.78 is 0. The van der Waals surface area contributed by atoms with Crippen LogP contribution in [0.5, 0.6) is 0 Å². The highest BCUT2D eigenvalue weighted by molar-refractivity contribution is 6.00. The van der Waals surface area contributed by atoms with Gasteiger partial charge in [-0.1, -0.05) is 58.7 Å². The van der Waals surface area contributed by atoms with Crippen LogP contribution in [-0.2, 0) is 64.0 Å². The smallest absolute Gasteiger partial charge is 0.326 e. The lowest BCUT2D eigenvalue weighted by Gasteiger charge is -2.29. The molecule has 1 heterocycles. The standard InChI is InChI=1S/C51H82N16O16/c1-7-23(3)38(48(80)66-39(50(82)83)24(4)8-2)65-47(79)35(22-69)64-49(81)40(26(6)70)67-43(75)31(15-16-36(53)71)60-44(76)32(18-27-20-58-29-13-10-9-12-28(27)29)62-42(74)30(14-11-17-57-51(55)56)59-46(78)34(21-68)63-45(77)33(19-37(54)72)61-41(73)25(5)52/h9-10,12-13,20,23-26,30-35,38-40,58,68-70H,7-8,11,14-19,21-22,52H2,1-6H3,(H2,53,71)(H2,54,72)(H,59,78)(H,60,76)(H,61,73)(H,62,74)(H,63,77)(H,64,81)(H,65,79)(H,66,80)(H,67,75)(H,82,83)(H4,55,56,57)/t23-,24-,25-,26+,30-,31-,32-,33+,34-,35-,38-,39-,40-/m0/s1. The molecule has 83 heavy (non-hydrogen) atoms. The summed E-state index contributed by atoms with van der Waals surface area (Å²) in [6.07, 6.45) is -1.95. The first kappa shape index (κ1) is 70.6. The molecular weight excluding hydrogens is 1090 g/mol. The fourth-order valence-corrected chi connectivity index (χ4v) is 8.05. The third kappa shape index (κ3) is 23.1. The van der Waals surface area contributed by atoms with Crippen molar-refractivity contribution >= 4 is 87.8 Å². The number of carboxylic acids is 1. The Morgan fingerprint density at radius 1 is 0.554 bits per heavy atom. The van der Waals surface area contributed by atoms with Crippen molar-refractivity contribution in [2.75, 3.05) is 19.8 Å². The number of carbonyl (C=O) groups is 12. The molecule has 0 aliphatic rings. The number of aliphatic imine (C=N–C) groups is 1. The Hall–Kier alpha value is -8.49. The molecule has 24 N–H and O–H groups in total. The molecule has 0 unspecified atom stereocenters. The number of aromatic nitrogens is 1. The minimum Gasteiger partial charge on any atom is -0.480 e. The minimum absolute atomic E-state index is 0.00391. The number of aliphatic carboxylic acids is 1. The molecule has 1 aromatic carbocycles. The minimum atomic E-state index is -1.95. The van der Waals surface area contributed by atoms with Crippen molar-refractivity contribution in [1.29, 1.82) is 0 Å². The number of aromatic amines is 1. The number of H-pyrrole nitrogens is 1. The van der Waals surface area contributed by atoms with Crippen molar-refractivity contribution in [1.82, 2.24) is 52.8 Å². The maximum Gasteiger partial charge on any atom is 0.326 e. The van der Waals surface area contributed by atoms with Crippen LogP contribution in [0, 0.1) is 11.8 Å². The number of hydrogen-bond donors (Lipinski definition) is 19. The van der Waals surface area contributed by atoms with E-state index in [2.05, 4.69) is 57.8 Å². The van der Waals surface area contributed by atoms with Gasteiger partial charge in [0.1, 0.15) is 54.4 Å². The average molecular weight is 1180 g/mol. The molecule has 32 heteroatoms. The van der Waals surface area contributed by atoms with Gasteiger partial charge in [0, 0.05) is 36.5 Å². The van der Waals surface area contributed by atoms with Gasteiger partial charge in [0.15, 0.2) is 5.96 Å². The number of nitrogens with two attached hydrogens (primary N) is 5. The van der Waals surface area contributed by atoms with Crippen LogP contribution in [0.2, 0.25) is 0 Å². The van der Waals surface area contributed by atoms with Crippen LogP contribution in [0.3, 0.4) is 0 Å². The lowest BCUT2D eigenvalue weighted by Crippen LogP contribution is -2.63. The lowest BCUT2D eigenvalue weighted by molar-refractivity contribution is -0.144. The van der Waals surface area contributed by atoms with Crippen molar-refractivity contribution in [3.8, 4) is 0 Å². The van der Waals surface area contributed by atoms with Gasteiger partial charge < -0.3 is 102 Å². The van der Waals surface area contributed by atoms with Gasteiger partial charge in [0.25, 0.3) is 0 Å². The number of fused-ring (bicyclic) bond motifs is 1. The number of amides is 11. The van der Waals surface area contributed by atoms with Crippen molar-refractivity contribution in [3.63, 3.8) is 0 Å². The summed E-state index contributed by atoms with van der Waals surface area (Å²) in [7, 11) is 0. The van der Waals surface area contributed by atoms with E-state index in [0.29, 0.717) is 29.3 Å². The normalized spacial score (nSPS) is 15.8. The third-order valence-electron chi connectivity index (χ3n) is 13.3. The van der Waals surface area contributed by atoms with Crippen LogP contribution >= 0.6 is 0 Å². The number of para-hydroxylation sites is 1. The molecule has 11 amide bonds. The highest BCUT2D eigenvalue weighted by Crippen LogP contribution is 2.20. The Morgan fingerprint density at radius 2 is 1.00 bits per heavy atom. The average Bonchev–Trinajstić information content (AvgIpc) is 3.90. The summed E-state index contributed by atoms with van der Waals surface area (Å²) in [6, 6.07) is -9.26. The number of carboxylic acid groups (broad SMARTS) is 1. The van der Waals surface area contributed by atoms with Crippen LogP contribution < -0.4 is 76.5 Å². The van der Waals surface area contributed by atoms with Crippen LogP contribution in [0.1, 0.15) is 92.1 Å². The van der Waals surface area contributed by atoms with Crippen molar-refractivity contribution in [2.24, 2.45) is 45.5 Å². The molecule has 0 aliphatic heterocycles. The third-order valence-corrected chi connectivity index (χ3v) is 13.3. The van der Waals surface area contributed by atoms with Crippen LogP contribution in [-0.4, -0.2) is 189 Å². The molecule has 1 aromatic heterocycles. The molecule has 462 valence electrons. The first-order valence-corrected chi connectivity index (χ1v) is 26.8. The number of benzene rings is 1. The largest absolute Gasteiger partial charge is 0.480 e. The number of nitrogens with one attached hydrogen (secondary N) is 10. The fourth-order valence-electron chi connectivity index (χ4n) is 8.05. The predicted molar refractivity (Wildman–Crippen MR) is 298 cm³/mol. The van der Waals surface area contributed by atoms with E-state index < -0.39 is 182 Å². The van der Waals surface area contributed by atoms with Gasteiger partial charge in [-0.2, -0.15) is 0 Å². The summed E-state index contributed by atoms with van der Waals surface area (Å²) in [5, 5.41) is 62.8. The Labute approximate surface area is 478 Å². The number of guanidine groups is 1. The number of rotatable bonds is 37. The van der Waals surface area contributed by atoms with Crippen molar-refractivity contribution in [3.05, 3.63) is 36.0 Å². The van der Waals surface area contributed by atoms with Gasteiger partial charge in [-0.15, -0.1) is 0 Å². The SMILES string of the molecule is CC[C@H](C)[C@H](NC(=O)[C@@H](NC(=O)[C@H](CO)NC(=O)[C@@H](NC(=O)[C@H](CCC(N)=O)NC(=O)[C@H](Cc1c[nH]c2ccccc12)NC(=O)[C@H](CCCN=C(N)N)NC(=O)[C@H](CO)NC(=O)[C@@H](CC(N)=O)NC(=O)[C@H](C)N)[C@@H](C)O)[C@@H](C)CC)C(=O)O. The number of nitrogens with zero attached hydrogens (tertiary/aromatic N) is 1. The van der Waals surface area contributed by atoms with E-state index in [-0.39, 0.29) is 31.8 Å². The maximum absolute atomic E-state index is 14.6. The fraction of sp³-hybridized carbons (Fsp3) is 0.588. The Bertz CT molecular complexity index is 2630. The van der Waals surface area contributed by atoms with E-state index in [4.69, 9.17) is 28.7 Å². The molecule has 2 rings (SSSR count). The molecule has 0 spiro atoms. The molecule has 2 aromatic rings. The zero-order chi connectivity index (χ0) is 62.8. The monoisotopic (exact) mass is 1170 g/mol. The molecule has 32 nitrogen and oxygen atoms in total. The number of hydrogen-bond acceptors (Lipinski definition) is 17. The first-order valence-electron chi connectivity index (χ1n) is 26.8. The van der Waals surface area contributed by atoms with Crippen molar-refractivity contribution in [2.45, 2.75) is 159 Å². The first-order chi connectivity index (χ1) is 39.0. The second-order valence-corrected chi connectivity index (χ2v) is 20.0. The summed E-state index contributed by atoms with van der Waals surface area (Å²) in [4.78, 5) is 166. The van der Waals surface area contributed by atoms with Gasteiger partial charge in [-0.3, -0.25) is 57.7 Å². The summed E-state index contributed by atoms with van der Waals surface area (Å²) in [5.41, 5.74) is 28.3. The maximum atomic E-state index is 14.6. The quantitative estimate of drug-likeness (QED) is 0.0170. The van der Waals surface area contributed by atoms with E-state index in [9.17, 15) is 78.0 Å². The van der Waals surface area contributed by atoms with Crippen molar-refractivity contribution < 1.29 is 78.0 Å². The van der Waals surface area contributed by atoms with Gasteiger partial charge in [-0.25, -0.2) is 4.79 Å². The molecule has 0 radical (unpaired) electrons. The van der Waals surface area contributed by atoms with Crippen LogP contribution in [0.15, 0.2) is 35.5 Å². The molecular formula is C51H82N16O16. The van der Waals surface area contributed by atoms with Gasteiger partial charge >= 0.3 is 5.97 Å². The topological polar surface area (TPSA) is 552 Å². The van der Waals surface area contributed by atoms with Crippen LogP contribution in [0.4, 0.5) is 0 Å².